The monoisotopic (exact) mass is 341 g/mol. The number of hydrogen-bond acceptors (Lipinski definition) is 3. The number of carbonyl (C=O) groups excluding carboxylic acids is 1. The lowest BCUT2D eigenvalue weighted by Crippen LogP contribution is -2.40. The van der Waals surface area contributed by atoms with Crippen LogP contribution in [-0.4, -0.2) is 32.8 Å². The fourth-order valence-corrected chi connectivity index (χ4v) is 3.13. The highest BCUT2D eigenvalue weighted by atomic mass is 16.4. The number of carboxylic acids is 1. The van der Waals surface area contributed by atoms with Gasteiger partial charge < -0.3 is 10.4 Å². The predicted octanol–water partition coefficient (Wildman–Crippen LogP) is 2.51. The first-order valence-corrected chi connectivity index (χ1v) is 8.60. The van der Waals surface area contributed by atoms with E-state index in [2.05, 4.69) is 10.4 Å². The van der Waals surface area contributed by atoms with Gasteiger partial charge in [-0.1, -0.05) is 17.7 Å². The number of rotatable bonds is 5. The maximum atomic E-state index is 12.7. The maximum absolute atomic E-state index is 12.7. The summed E-state index contributed by atoms with van der Waals surface area (Å²) in [5.74, 6) is -1.89. The summed E-state index contributed by atoms with van der Waals surface area (Å²) in [4.78, 5) is 23.8. The van der Waals surface area contributed by atoms with Crippen LogP contribution in [0.3, 0.4) is 0 Å². The number of carboxylic acid groups (broad SMARTS) is 1. The third-order valence-electron chi connectivity index (χ3n) is 4.92. The topological polar surface area (TPSA) is 84.2 Å². The molecule has 6 nitrogen and oxygen atoms in total. The van der Waals surface area contributed by atoms with Crippen molar-refractivity contribution < 1.29 is 14.7 Å². The van der Waals surface area contributed by atoms with Crippen LogP contribution in [0.25, 0.3) is 5.69 Å². The lowest BCUT2D eigenvalue weighted by atomic mass is 10.0. The van der Waals surface area contributed by atoms with E-state index in [1.165, 1.54) is 5.56 Å². The van der Waals surface area contributed by atoms with Gasteiger partial charge in [-0.3, -0.25) is 9.59 Å². The van der Waals surface area contributed by atoms with E-state index in [4.69, 9.17) is 5.11 Å². The molecule has 1 aliphatic rings. The summed E-state index contributed by atoms with van der Waals surface area (Å²) in [6, 6.07) is 7.57. The van der Waals surface area contributed by atoms with Crippen LogP contribution in [0.4, 0.5) is 0 Å². The number of aryl methyl sites for hydroxylation is 1. The molecule has 0 saturated heterocycles. The van der Waals surface area contributed by atoms with E-state index in [1.807, 2.05) is 35.9 Å². The lowest BCUT2D eigenvalue weighted by molar-refractivity contribution is -0.141. The number of nitrogens with one attached hydrogen (secondary N) is 1. The molecule has 3 rings (SSSR count). The first kappa shape index (κ1) is 17.2. The van der Waals surface area contributed by atoms with Crippen LogP contribution in [0.2, 0.25) is 0 Å². The molecule has 25 heavy (non-hydrogen) atoms. The molecular formula is C19H23N3O3. The zero-order valence-corrected chi connectivity index (χ0v) is 14.7. The zero-order valence-electron chi connectivity index (χ0n) is 14.7. The minimum atomic E-state index is -0.928. The van der Waals surface area contributed by atoms with Gasteiger partial charge in [0.25, 0.3) is 5.91 Å². The molecule has 2 N–H and O–H groups in total. The van der Waals surface area contributed by atoms with Crippen molar-refractivity contribution in [3.8, 4) is 5.69 Å². The summed E-state index contributed by atoms with van der Waals surface area (Å²) >= 11 is 0. The van der Waals surface area contributed by atoms with Crippen molar-refractivity contribution in [2.75, 3.05) is 0 Å². The number of carbonyl (C=O) groups is 2. The van der Waals surface area contributed by atoms with Gasteiger partial charge in [0.1, 0.15) is 0 Å². The summed E-state index contributed by atoms with van der Waals surface area (Å²) in [5.41, 5.74) is 4.58. The lowest BCUT2D eigenvalue weighted by Gasteiger charge is -2.17. The third kappa shape index (κ3) is 3.29. The maximum Gasteiger partial charge on any atom is 0.308 e. The smallest absolute Gasteiger partial charge is 0.308 e. The van der Waals surface area contributed by atoms with Gasteiger partial charge in [0.15, 0.2) is 5.69 Å². The van der Waals surface area contributed by atoms with Crippen molar-refractivity contribution in [3.63, 3.8) is 0 Å². The molecule has 6 heteroatoms. The molecule has 2 atom stereocenters. The SMILES string of the molecule is Cc1ccc(-n2nc(C(=O)NC(C)C(C)C(=O)O)c3c2CCC3)cc1. The molecule has 1 aliphatic carbocycles. The highest BCUT2D eigenvalue weighted by molar-refractivity contribution is 5.94. The van der Waals surface area contributed by atoms with Gasteiger partial charge in [0.05, 0.1) is 11.6 Å². The number of fused-ring (bicyclic) bond motifs is 1. The standard InChI is InChI=1S/C19H23N3O3/c1-11-7-9-14(10-8-11)22-16-6-4-5-15(16)17(21-22)18(23)20-13(3)12(2)19(24)25/h7-10,12-13H,4-6H2,1-3H3,(H,20,23)(H,24,25). The van der Waals surface area contributed by atoms with Crippen molar-refractivity contribution in [1.82, 2.24) is 15.1 Å². The van der Waals surface area contributed by atoms with Gasteiger partial charge in [-0.25, -0.2) is 4.68 Å². The van der Waals surface area contributed by atoms with E-state index in [-0.39, 0.29) is 5.91 Å². The molecule has 1 aromatic carbocycles. The highest BCUT2D eigenvalue weighted by Crippen LogP contribution is 2.28. The summed E-state index contributed by atoms with van der Waals surface area (Å²) in [7, 11) is 0. The molecule has 2 aromatic rings. The third-order valence-corrected chi connectivity index (χ3v) is 4.92. The largest absolute Gasteiger partial charge is 0.481 e. The van der Waals surface area contributed by atoms with Gasteiger partial charge in [0.2, 0.25) is 0 Å². The van der Waals surface area contributed by atoms with Crippen LogP contribution in [0.15, 0.2) is 24.3 Å². The first-order valence-electron chi connectivity index (χ1n) is 8.60. The average Bonchev–Trinajstić information content (AvgIpc) is 3.17. The van der Waals surface area contributed by atoms with E-state index < -0.39 is 17.9 Å². The molecule has 0 bridgehead atoms. The number of aromatic nitrogens is 2. The molecule has 0 fully saturated rings. The summed E-state index contributed by atoms with van der Waals surface area (Å²) in [6.45, 7) is 5.32. The number of nitrogens with zero attached hydrogens (tertiary/aromatic N) is 2. The molecule has 0 spiro atoms. The first-order chi connectivity index (χ1) is 11.9. The number of aliphatic carboxylic acids is 1. The van der Waals surface area contributed by atoms with Gasteiger partial charge in [-0.05, 0) is 52.2 Å². The van der Waals surface area contributed by atoms with Crippen LogP contribution < -0.4 is 5.32 Å². The van der Waals surface area contributed by atoms with Gasteiger partial charge >= 0.3 is 5.97 Å². The number of amides is 1. The van der Waals surface area contributed by atoms with Crippen molar-refractivity contribution in [1.29, 1.82) is 0 Å². The van der Waals surface area contributed by atoms with Crippen LogP contribution in [0.5, 0.6) is 0 Å². The molecular weight excluding hydrogens is 318 g/mol. The summed E-state index contributed by atoms with van der Waals surface area (Å²) in [6.07, 6.45) is 2.72. The molecule has 0 aliphatic heterocycles. The molecule has 0 saturated carbocycles. The van der Waals surface area contributed by atoms with Gasteiger partial charge in [-0.2, -0.15) is 5.10 Å². The van der Waals surface area contributed by atoms with E-state index in [0.29, 0.717) is 5.69 Å². The fraction of sp³-hybridized carbons (Fsp3) is 0.421. The van der Waals surface area contributed by atoms with Crippen molar-refractivity contribution >= 4 is 11.9 Å². The van der Waals surface area contributed by atoms with Crippen molar-refractivity contribution in [3.05, 3.63) is 46.8 Å². The van der Waals surface area contributed by atoms with Crippen molar-refractivity contribution in [2.24, 2.45) is 5.92 Å². The summed E-state index contributed by atoms with van der Waals surface area (Å²) in [5, 5.41) is 16.4. The Hall–Kier alpha value is -2.63. The minimum absolute atomic E-state index is 0.301. The number of hydrogen-bond donors (Lipinski definition) is 2. The van der Waals surface area contributed by atoms with E-state index in [0.717, 1.165) is 36.2 Å². The van der Waals surface area contributed by atoms with Crippen LogP contribution in [0.1, 0.15) is 47.6 Å². The van der Waals surface area contributed by atoms with Gasteiger partial charge in [-0.15, -0.1) is 0 Å². The molecule has 1 aromatic heterocycles. The van der Waals surface area contributed by atoms with Crippen LogP contribution >= 0.6 is 0 Å². The second-order valence-electron chi connectivity index (χ2n) is 6.76. The zero-order chi connectivity index (χ0) is 18.1. The molecule has 1 amide bonds. The highest BCUT2D eigenvalue weighted by Gasteiger charge is 2.29. The minimum Gasteiger partial charge on any atom is -0.481 e. The number of benzene rings is 1. The normalized spacial score (nSPS) is 15.5. The Kier molecular flexibility index (Phi) is 4.61. The second kappa shape index (κ2) is 6.70. The van der Waals surface area contributed by atoms with E-state index >= 15 is 0 Å². The Morgan fingerprint density at radius 1 is 1.20 bits per heavy atom. The summed E-state index contributed by atoms with van der Waals surface area (Å²) < 4.78 is 1.85. The molecule has 0 radical (unpaired) electrons. The molecule has 132 valence electrons. The fourth-order valence-electron chi connectivity index (χ4n) is 3.13. The van der Waals surface area contributed by atoms with Gasteiger partial charge in [0, 0.05) is 17.3 Å². The van der Waals surface area contributed by atoms with Crippen LogP contribution in [0, 0.1) is 12.8 Å². The van der Waals surface area contributed by atoms with Crippen molar-refractivity contribution in [2.45, 2.75) is 46.1 Å². The second-order valence-corrected chi connectivity index (χ2v) is 6.76. The van der Waals surface area contributed by atoms with E-state index in [9.17, 15) is 9.59 Å². The molecule has 2 unspecified atom stereocenters. The Morgan fingerprint density at radius 3 is 2.52 bits per heavy atom. The molecule has 1 heterocycles. The Balaban J connectivity index is 1.90. The Labute approximate surface area is 146 Å². The van der Waals surface area contributed by atoms with E-state index in [1.54, 1.807) is 13.8 Å². The van der Waals surface area contributed by atoms with Crippen LogP contribution in [-0.2, 0) is 17.6 Å². The quantitative estimate of drug-likeness (QED) is 0.875. The Bertz CT molecular complexity index is 808. The Morgan fingerprint density at radius 2 is 1.88 bits per heavy atom. The predicted molar refractivity (Wildman–Crippen MR) is 94.1 cm³/mol. The average molecular weight is 341 g/mol.